The van der Waals surface area contributed by atoms with Crippen LogP contribution in [0.4, 0.5) is 11.4 Å². The maximum absolute atomic E-state index is 12.9. The van der Waals surface area contributed by atoms with Crippen molar-refractivity contribution in [3.05, 3.63) is 83.4 Å². The Morgan fingerprint density at radius 1 is 1.03 bits per heavy atom. The first-order valence-electron chi connectivity index (χ1n) is 8.93. The van der Waals surface area contributed by atoms with Crippen LogP contribution in [0.2, 0.25) is 5.02 Å². The highest BCUT2D eigenvalue weighted by molar-refractivity contribution is 7.92. The number of rotatable bonds is 7. The summed E-state index contributed by atoms with van der Waals surface area (Å²) < 4.78 is 33.5. The highest BCUT2D eigenvalue weighted by atomic mass is 35.5. The number of methoxy groups -OCH3 is 1. The summed E-state index contributed by atoms with van der Waals surface area (Å²) in [7, 11) is -2.49. The number of para-hydroxylation sites is 2. The van der Waals surface area contributed by atoms with Crippen LogP contribution < -0.4 is 20.1 Å². The molecule has 0 aromatic heterocycles. The molecule has 0 aliphatic carbocycles. The average Bonchev–Trinajstić information content (AvgIpc) is 2.74. The Hall–Kier alpha value is -2.81. The van der Waals surface area contributed by atoms with Crippen molar-refractivity contribution >= 4 is 50.3 Å². The summed E-state index contributed by atoms with van der Waals surface area (Å²) in [4.78, 5) is -0.0778. The predicted molar refractivity (Wildman–Crippen MR) is 125 cm³/mol. The average molecular weight is 462 g/mol. The second kappa shape index (κ2) is 9.80. The van der Waals surface area contributed by atoms with E-state index in [1.807, 2.05) is 30.3 Å². The van der Waals surface area contributed by atoms with Crippen molar-refractivity contribution in [2.75, 3.05) is 17.1 Å². The van der Waals surface area contributed by atoms with E-state index < -0.39 is 10.0 Å². The molecule has 0 amide bonds. The van der Waals surface area contributed by atoms with E-state index in [9.17, 15) is 8.42 Å². The molecule has 9 heteroatoms. The van der Waals surface area contributed by atoms with E-state index in [2.05, 4.69) is 15.4 Å². The minimum absolute atomic E-state index is 0.0778. The largest absolute Gasteiger partial charge is 0.495 e. The fraction of sp³-hybridized carbons (Fsp3) is 0.0952. The molecular formula is C21H20ClN3O3S2. The van der Waals surface area contributed by atoms with Gasteiger partial charge in [-0.15, -0.1) is 0 Å². The third-order valence-electron chi connectivity index (χ3n) is 4.13. The first kappa shape index (κ1) is 21.9. The summed E-state index contributed by atoms with van der Waals surface area (Å²) in [5, 5.41) is 6.52. The van der Waals surface area contributed by atoms with E-state index in [1.54, 1.807) is 30.3 Å². The second-order valence-electron chi connectivity index (χ2n) is 6.24. The van der Waals surface area contributed by atoms with Gasteiger partial charge in [-0.2, -0.15) is 0 Å². The van der Waals surface area contributed by atoms with Gasteiger partial charge in [-0.1, -0.05) is 54.1 Å². The smallest absolute Gasteiger partial charge is 0.263 e. The lowest BCUT2D eigenvalue weighted by Gasteiger charge is -2.15. The Morgan fingerprint density at radius 2 is 1.73 bits per heavy atom. The number of sulfonamides is 1. The van der Waals surface area contributed by atoms with Crippen LogP contribution in [0.3, 0.4) is 0 Å². The topological polar surface area (TPSA) is 79.5 Å². The molecule has 0 fully saturated rings. The first-order chi connectivity index (χ1) is 14.4. The van der Waals surface area contributed by atoms with E-state index in [0.717, 1.165) is 5.56 Å². The van der Waals surface area contributed by atoms with Crippen LogP contribution in [0.15, 0.2) is 77.7 Å². The predicted octanol–water partition coefficient (Wildman–Crippen LogP) is 4.64. The van der Waals surface area contributed by atoms with E-state index in [0.29, 0.717) is 28.8 Å². The fourth-order valence-electron chi connectivity index (χ4n) is 2.67. The number of hydrogen-bond acceptors (Lipinski definition) is 4. The lowest BCUT2D eigenvalue weighted by molar-refractivity contribution is 0.417. The molecule has 0 spiro atoms. The molecule has 0 radical (unpaired) electrons. The zero-order valence-electron chi connectivity index (χ0n) is 16.1. The fourth-order valence-corrected chi connectivity index (χ4v) is 4.46. The van der Waals surface area contributed by atoms with Gasteiger partial charge in [-0.3, -0.25) is 4.72 Å². The minimum Gasteiger partial charge on any atom is -0.495 e. The molecule has 0 aliphatic rings. The number of nitrogens with one attached hydrogen (secondary N) is 3. The van der Waals surface area contributed by atoms with Gasteiger partial charge >= 0.3 is 0 Å². The third-order valence-corrected chi connectivity index (χ3v) is 6.22. The molecule has 3 aromatic carbocycles. The van der Waals surface area contributed by atoms with Crippen molar-refractivity contribution in [1.29, 1.82) is 0 Å². The lowest BCUT2D eigenvalue weighted by atomic mass is 10.2. The highest BCUT2D eigenvalue weighted by Gasteiger charge is 2.20. The molecule has 0 heterocycles. The van der Waals surface area contributed by atoms with Crippen molar-refractivity contribution < 1.29 is 13.2 Å². The van der Waals surface area contributed by atoms with Crippen molar-refractivity contribution in [2.24, 2.45) is 0 Å². The molecule has 0 unspecified atom stereocenters. The van der Waals surface area contributed by atoms with Crippen LogP contribution in [-0.4, -0.2) is 20.6 Å². The third kappa shape index (κ3) is 5.63. The molecule has 0 bridgehead atoms. The Labute approximate surface area is 186 Å². The van der Waals surface area contributed by atoms with E-state index in [4.69, 9.17) is 28.6 Å². The summed E-state index contributed by atoms with van der Waals surface area (Å²) in [5.74, 6) is 0.401. The van der Waals surface area contributed by atoms with Gasteiger partial charge in [-0.25, -0.2) is 8.42 Å². The van der Waals surface area contributed by atoms with Crippen molar-refractivity contribution in [3.8, 4) is 5.75 Å². The van der Waals surface area contributed by atoms with Crippen molar-refractivity contribution in [2.45, 2.75) is 11.4 Å². The van der Waals surface area contributed by atoms with Crippen molar-refractivity contribution in [1.82, 2.24) is 5.32 Å². The number of anilines is 2. The molecule has 0 aliphatic heterocycles. The Kier molecular flexibility index (Phi) is 7.15. The zero-order chi connectivity index (χ0) is 21.6. The van der Waals surface area contributed by atoms with Gasteiger partial charge in [0.2, 0.25) is 0 Å². The molecule has 0 saturated heterocycles. The normalized spacial score (nSPS) is 10.9. The first-order valence-corrected chi connectivity index (χ1v) is 11.2. The van der Waals surface area contributed by atoms with Crippen molar-refractivity contribution in [3.63, 3.8) is 0 Å². The Morgan fingerprint density at radius 3 is 2.47 bits per heavy atom. The zero-order valence-corrected chi connectivity index (χ0v) is 18.4. The van der Waals surface area contributed by atoms with Gasteiger partial charge in [0, 0.05) is 12.2 Å². The summed E-state index contributed by atoms with van der Waals surface area (Å²) in [6.07, 6.45) is 0. The summed E-state index contributed by atoms with van der Waals surface area (Å²) in [6, 6.07) is 21.1. The van der Waals surface area contributed by atoms with Crippen LogP contribution in [-0.2, 0) is 16.6 Å². The maximum atomic E-state index is 12.9. The summed E-state index contributed by atoms with van der Waals surface area (Å²) in [6.45, 7) is 0.542. The molecule has 3 rings (SSSR count). The Bertz CT molecular complexity index is 1140. The molecule has 156 valence electrons. The minimum atomic E-state index is -3.96. The number of benzene rings is 3. The number of hydrogen-bond donors (Lipinski definition) is 3. The van der Waals surface area contributed by atoms with Gasteiger partial charge in [0.15, 0.2) is 5.11 Å². The quantitative estimate of drug-likeness (QED) is 0.445. The molecule has 3 aromatic rings. The van der Waals surface area contributed by atoms with Gasteiger partial charge in [0.1, 0.15) is 10.6 Å². The van der Waals surface area contributed by atoms with Crippen LogP contribution in [0.25, 0.3) is 0 Å². The van der Waals surface area contributed by atoms with Gasteiger partial charge < -0.3 is 15.4 Å². The second-order valence-corrected chi connectivity index (χ2v) is 8.71. The number of halogens is 1. The van der Waals surface area contributed by atoms with Gasteiger partial charge in [0.25, 0.3) is 10.0 Å². The number of ether oxygens (including phenoxy) is 1. The molecule has 6 nitrogen and oxygen atoms in total. The van der Waals surface area contributed by atoms with Crippen LogP contribution in [0.5, 0.6) is 5.75 Å². The molecule has 0 saturated carbocycles. The van der Waals surface area contributed by atoms with E-state index in [1.165, 1.54) is 19.2 Å². The SMILES string of the molecule is COc1ccccc1NS(=O)(=O)c1cc(NC(=S)NCc2ccccc2)ccc1Cl. The van der Waals surface area contributed by atoms with Crippen LogP contribution in [0, 0.1) is 0 Å². The molecular weight excluding hydrogens is 442 g/mol. The molecule has 30 heavy (non-hydrogen) atoms. The van der Waals surface area contributed by atoms with E-state index in [-0.39, 0.29) is 9.92 Å². The molecule has 3 N–H and O–H groups in total. The van der Waals surface area contributed by atoms with E-state index >= 15 is 0 Å². The van der Waals surface area contributed by atoms with Crippen LogP contribution >= 0.6 is 23.8 Å². The number of thiocarbonyl (C=S) groups is 1. The van der Waals surface area contributed by atoms with Gasteiger partial charge in [0.05, 0.1) is 17.8 Å². The highest BCUT2D eigenvalue weighted by Crippen LogP contribution is 2.30. The maximum Gasteiger partial charge on any atom is 0.263 e. The Balaban J connectivity index is 1.74. The summed E-state index contributed by atoms with van der Waals surface area (Å²) >= 11 is 11.5. The standard InChI is InChI=1S/C21H20ClN3O3S2/c1-28-19-10-6-5-9-18(19)25-30(26,27)20-13-16(11-12-17(20)22)24-21(29)23-14-15-7-3-2-4-8-15/h2-13,25H,14H2,1H3,(H2,23,24,29). The van der Waals surface area contributed by atoms with Gasteiger partial charge in [-0.05, 0) is 48.1 Å². The monoisotopic (exact) mass is 461 g/mol. The lowest BCUT2D eigenvalue weighted by Crippen LogP contribution is -2.28. The molecule has 0 atom stereocenters. The van der Waals surface area contributed by atoms with Crippen LogP contribution in [0.1, 0.15) is 5.56 Å². The summed E-state index contributed by atoms with van der Waals surface area (Å²) in [5.41, 5.74) is 1.88.